The van der Waals surface area contributed by atoms with Gasteiger partial charge >= 0.3 is 0 Å². The predicted octanol–water partition coefficient (Wildman–Crippen LogP) is 1.28. The van der Waals surface area contributed by atoms with Crippen molar-refractivity contribution in [2.45, 2.75) is 33.2 Å². The number of hydrogen-bond acceptors (Lipinski definition) is 4. The second kappa shape index (κ2) is 11.6. The molecule has 1 heterocycles. The van der Waals surface area contributed by atoms with E-state index in [4.69, 9.17) is 9.47 Å². The van der Waals surface area contributed by atoms with Gasteiger partial charge < -0.3 is 19.7 Å². The zero-order valence-corrected chi connectivity index (χ0v) is 15.7. The fourth-order valence-electron chi connectivity index (χ4n) is 3.10. The molecule has 2 unspecified atom stereocenters. The number of likely N-dealkylation sites (tertiary alicyclic amines) is 1. The minimum Gasteiger partial charge on any atom is -0.382 e. The summed E-state index contributed by atoms with van der Waals surface area (Å²) in [7, 11) is 3.57. The molecule has 0 aliphatic carbocycles. The van der Waals surface area contributed by atoms with Gasteiger partial charge in [0.05, 0.1) is 19.8 Å². The normalized spacial score (nSPS) is 20.3. The van der Waals surface area contributed by atoms with Gasteiger partial charge in [0.15, 0.2) is 5.96 Å². The molecule has 1 N–H and O–H groups in total. The summed E-state index contributed by atoms with van der Waals surface area (Å²) in [5.41, 5.74) is 0. The summed E-state index contributed by atoms with van der Waals surface area (Å²) in [6, 6.07) is 0.512. The zero-order valence-electron chi connectivity index (χ0n) is 15.7. The van der Waals surface area contributed by atoms with Crippen LogP contribution in [0.1, 0.15) is 27.2 Å². The molecule has 0 aromatic carbocycles. The molecule has 1 saturated heterocycles. The number of ether oxygens (including phenoxy) is 2. The summed E-state index contributed by atoms with van der Waals surface area (Å²) in [6.07, 6.45) is 1.17. The first kappa shape index (κ1) is 20.2. The molecule has 0 spiro atoms. The van der Waals surface area contributed by atoms with E-state index in [1.165, 1.54) is 6.42 Å². The number of methoxy groups -OCH3 is 1. The van der Waals surface area contributed by atoms with Crippen LogP contribution >= 0.6 is 0 Å². The van der Waals surface area contributed by atoms with Gasteiger partial charge in [0, 0.05) is 45.8 Å². The second-order valence-electron chi connectivity index (χ2n) is 6.17. The van der Waals surface area contributed by atoms with Crippen molar-refractivity contribution in [3.8, 4) is 0 Å². The monoisotopic (exact) mass is 328 g/mol. The summed E-state index contributed by atoms with van der Waals surface area (Å²) in [6.45, 7) is 14.0. The van der Waals surface area contributed by atoms with Gasteiger partial charge in [-0.25, -0.2) is 0 Å². The fraction of sp³-hybridized carbons (Fsp3) is 0.941. The highest BCUT2D eigenvalue weighted by Gasteiger charge is 2.25. The van der Waals surface area contributed by atoms with Crippen LogP contribution in [0.5, 0.6) is 0 Å². The topological polar surface area (TPSA) is 49.3 Å². The summed E-state index contributed by atoms with van der Waals surface area (Å²) in [5, 5.41) is 3.53. The van der Waals surface area contributed by atoms with Crippen LogP contribution in [-0.4, -0.2) is 88.5 Å². The maximum atomic E-state index is 5.66. The largest absolute Gasteiger partial charge is 0.382 e. The first-order chi connectivity index (χ1) is 11.2. The van der Waals surface area contributed by atoms with Crippen molar-refractivity contribution in [3.63, 3.8) is 0 Å². The molecule has 136 valence electrons. The highest BCUT2D eigenvalue weighted by molar-refractivity contribution is 5.80. The molecule has 6 heteroatoms. The minimum atomic E-state index is 0.512. The molecule has 1 rings (SSSR count). The maximum Gasteiger partial charge on any atom is 0.193 e. The Morgan fingerprint density at radius 1 is 1.35 bits per heavy atom. The second-order valence-corrected chi connectivity index (χ2v) is 6.17. The Kier molecular flexibility index (Phi) is 10.2. The third kappa shape index (κ3) is 7.06. The molecule has 1 aliphatic heterocycles. The van der Waals surface area contributed by atoms with E-state index in [0.717, 1.165) is 45.3 Å². The van der Waals surface area contributed by atoms with Crippen molar-refractivity contribution in [2.75, 3.05) is 66.7 Å². The molecule has 1 aliphatic rings. The van der Waals surface area contributed by atoms with E-state index >= 15 is 0 Å². The smallest absolute Gasteiger partial charge is 0.193 e. The van der Waals surface area contributed by atoms with Crippen LogP contribution in [0.3, 0.4) is 0 Å². The molecule has 1 fully saturated rings. The Morgan fingerprint density at radius 2 is 2.09 bits per heavy atom. The van der Waals surface area contributed by atoms with Crippen LogP contribution in [0.4, 0.5) is 0 Å². The van der Waals surface area contributed by atoms with Gasteiger partial charge in [-0.15, -0.1) is 0 Å². The van der Waals surface area contributed by atoms with Crippen LogP contribution in [0, 0.1) is 5.92 Å². The van der Waals surface area contributed by atoms with E-state index in [2.05, 4.69) is 40.9 Å². The van der Waals surface area contributed by atoms with Crippen LogP contribution in [0.15, 0.2) is 4.99 Å². The van der Waals surface area contributed by atoms with Gasteiger partial charge in [-0.05, 0) is 26.4 Å². The molecule has 6 nitrogen and oxygen atoms in total. The molecule has 0 aromatic rings. The first-order valence-electron chi connectivity index (χ1n) is 8.92. The van der Waals surface area contributed by atoms with Crippen LogP contribution < -0.4 is 5.32 Å². The Hall–Kier alpha value is -0.850. The summed E-state index contributed by atoms with van der Waals surface area (Å²) < 4.78 is 10.7. The SMILES string of the molecule is CCN(CC)C(C)CNC(=NC)N1CCC(COCCOC)C1. The van der Waals surface area contributed by atoms with E-state index in [0.29, 0.717) is 25.2 Å². The lowest BCUT2D eigenvalue weighted by Crippen LogP contribution is -2.47. The number of likely N-dealkylation sites (N-methyl/N-ethyl adjacent to an activating group) is 1. The van der Waals surface area contributed by atoms with Crippen LogP contribution in [0.2, 0.25) is 0 Å². The number of rotatable bonds is 10. The van der Waals surface area contributed by atoms with Crippen LogP contribution in [0.25, 0.3) is 0 Å². The number of hydrogen-bond donors (Lipinski definition) is 1. The van der Waals surface area contributed by atoms with Gasteiger partial charge in [0.2, 0.25) is 0 Å². The fourth-order valence-corrected chi connectivity index (χ4v) is 3.10. The summed E-state index contributed by atoms with van der Waals surface area (Å²) in [4.78, 5) is 9.25. The number of nitrogens with one attached hydrogen (secondary N) is 1. The molecule has 0 amide bonds. The molecule has 0 aromatic heterocycles. The van der Waals surface area contributed by atoms with Gasteiger partial charge in [-0.2, -0.15) is 0 Å². The van der Waals surface area contributed by atoms with E-state index in [-0.39, 0.29) is 0 Å². The van der Waals surface area contributed by atoms with Crippen molar-refractivity contribution in [1.82, 2.24) is 15.1 Å². The van der Waals surface area contributed by atoms with Crippen molar-refractivity contribution >= 4 is 5.96 Å². The van der Waals surface area contributed by atoms with Crippen LogP contribution in [-0.2, 0) is 9.47 Å². The molecular weight excluding hydrogens is 292 g/mol. The van der Waals surface area contributed by atoms with E-state index < -0.39 is 0 Å². The van der Waals surface area contributed by atoms with E-state index in [1.54, 1.807) is 7.11 Å². The zero-order chi connectivity index (χ0) is 17.1. The third-order valence-corrected chi connectivity index (χ3v) is 4.57. The lowest BCUT2D eigenvalue weighted by Gasteiger charge is -2.29. The van der Waals surface area contributed by atoms with Crippen molar-refractivity contribution in [3.05, 3.63) is 0 Å². The van der Waals surface area contributed by atoms with Gasteiger partial charge in [0.25, 0.3) is 0 Å². The summed E-state index contributed by atoms with van der Waals surface area (Å²) in [5.74, 6) is 1.61. The van der Waals surface area contributed by atoms with Gasteiger partial charge in [-0.1, -0.05) is 13.8 Å². The standard InChI is InChI=1S/C17H36N4O2/c1-6-20(7-2)15(3)12-19-17(18-4)21-9-8-16(13-21)14-23-11-10-22-5/h15-16H,6-14H2,1-5H3,(H,18,19). The number of nitrogens with zero attached hydrogens (tertiary/aromatic N) is 3. The average Bonchev–Trinajstić information content (AvgIpc) is 3.02. The Morgan fingerprint density at radius 3 is 2.70 bits per heavy atom. The first-order valence-corrected chi connectivity index (χ1v) is 8.92. The Bertz CT molecular complexity index is 335. The molecule has 0 radical (unpaired) electrons. The van der Waals surface area contributed by atoms with Crippen molar-refractivity contribution < 1.29 is 9.47 Å². The van der Waals surface area contributed by atoms with Crippen molar-refractivity contribution in [1.29, 1.82) is 0 Å². The average molecular weight is 329 g/mol. The highest BCUT2D eigenvalue weighted by Crippen LogP contribution is 2.16. The molecular formula is C17H36N4O2. The maximum absolute atomic E-state index is 5.66. The van der Waals surface area contributed by atoms with Crippen molar-refractivity contribution in [2.24, 2.45) is 10.9 Å². The predicted molar refractivity (Wildman–Crippen MR) is 96.1 cm³/mol. The molecule has 0 bridgehead atoms. The summed E-state index contributed by atoms with van der Waals surface area (Å²) >= 11 is 0. The highest BCUT2D eigenvalue weighted by atomic mass is 16.5. The molecule has 23 heavy (non-hydrogen) atoms. The minimum absolute atomic E-state index is 0.512. The van der Waals surface area contributed by atoms with E-state index in [1.807, 2.05) is 7.05 Å². The van der Waals surface area contributed by atoms with E-state index in [9.17, 15) is 0 Å². The third-order valence-electron chi connectivity index (χ3n) is 4.57. The lowest BCUT2D eigenvalue weighted by atomic mass is 10.1. The van der Waals surface area contributed by atoms with Gasteiger partial charge in [-0.3, -0.25) is 9.89 Å². The number of aliphatic imine (C=N–C) groups is 1. The Balaban J connectivity index is 2.33. The quantitative estimate of drug-likeness (QED) is 0.372. The molecule has 2 atom stereocenters. The number of guanidine groups is 1. The Labute approximate surface area is 142 Å². The lowest BCUT2D eigenvalue weighted by molar-refractivity contribution is 0.0536. The van der Waals surface area contributed by atoms with Gasteiger partial charge in [0.1, 0.15) is 0 Å². The molecule has 0 saturated carbocycles.